The van der Waals surface area contributed by atoms with Crippen LogP contribution in [0, 0.1) is 0 Å². The first-order chi connectivity index (χ1) is 10.6. The van der Waals surface area contributed by atoms with Crippen molar-refractivity contribution < 1.29 is 39.6 Å². The average Bonchev–Trinajstić information content (AvgIpc) is 2.41. The molecular weight excluding hydrogens is 308 g/mol. The lowest BCUT2D eigenvalue weighted by atomic mass is 10.1. The van der Waals surface area contributed by atoms with Gasteiger partial charge in [-0.3, -0.25) is 19.2 Å². The molecule has 0 amide bonds. The van der Waals surface area contributed by atoms with Crippen LogP contribution < -0.4 is 0 Å². The zero-order valence-electron chi connectivity index (χ0n) is 13.8. The molecule has 0 rings (SSSR count). The number of rotatable bonds is 10. The minimum absolute atomic E-state index is 0.222. The molecule has 23 heavy (non-hydrogen) atoms. The maximum atomic E-state index is 10.1. The highest BCUT2D eigenvalue weighted by atomic mass is 16.4. The Hall–Kier alpha value is -2.12. The van der Waals surface area contributed by atoms with Crippen molar-refractivity contribution >= 4 is 23.9 Å². The molecule has 0 aromatic rings. The summed E-state index contributed by atoms with van der Waals surface area (Å²) < 4.78 is 0. The summed E-state index contributed by atoms with van der Waals surface area (Å²) in [6.45, 7) is 2.68. The molecule has 0 fully saturated rings. The van der Waals surface area contributed by atoms with E-state index in [1.165, 1.54) is 0 Å². The van der Waals surface area contributed by atoms with Crippen LogP contribution in [0.3, 0.4) is 0 Å². The monoisotopic (exact) mass is 336 g/mol. The number of unbranched alkanes of at least 4 members (excludes halogenated alkanes) is 5. The summed E-state index contributed by atoms with van der Waals surface area (Å²) in [4.78, 5) is 38.7. The average molecular weight is 336 g/mol. The van der Waals surface area contributed by atoms with Gasteiger partial charge in [0.1, 0.15) is 0 Å². The summed E-state index contributed by atoms with van der Waals surface area (Å²) in [6, 6.07) is 0. The number of carboxylic acids is 4. The second kappa shape index (κ2) is 19.9. The van der Waals surface area contributed by atoms with E-state index in [1.54, 1.807) is 6.92 Å². The van der Waals surface area contributed by atoms with Gasteiger partial charge in [0.15, 0.2) is 0 Å². The Labute approximate surface area is 136 Å². The molecule has 0 atom stereocenters. The van der Waals surface area contributed by atoms with E-state index < -0.39 is 23.9 Å². The van der Waals surface area contributed by atoms with E-state index in [9.17, 15) is 14.4 Å². The molecule has 0 aliphatic heterocycles. The highest BCUT2D eigenvalue weighted by Gasteiger charge is 1.98. The van der Waals surface area contributed by atoms with Gasteiger partial charge in [0.25, 0.3) is 5.97 Å². The van der Waals surface area contributed by atoms with Crippen molar-refractivity contribution in [2.45, 2.75) is 71.6 Å². The van der Waals surface area contributed by atoms with Crippen molar-refractivity contribution in [1.82, 2.24) is 0 Å². The molecule has 0 aliphatic carbocycles. The molecule has 8 nitrogen and oxygen atoms in total. The van der Waals surface area contributed by atoms with Crippen LogP contribution in [0.2, 0.25) is 0 Å². The minimum Gasteiger partial charge on any atom is -0.481 e. The number of carbonyl (C=O) groups is 4. The lowest BCUT2D eigenvalue weighted by molar-refractivity contribution is -0.138. The normalized spacial score (nSPS) is 8.78. The van der Waals surface area contributed by atoms with Crippen molar-refractivity contribution in [3.05, 3.63) is 0 Å². The molecular formula is C15H28O8. The zero-order valence-corrected chi connectivity index (χ0v) is 13.8. The summed E-state index contributed by atoms with van der Waals surface area (Å²) >= 11 is 0. The molecule has 0 saturated heterocycles. The van der Waals surface area contributed by atoms with Gasteiger partial charge in [-0.1, -0.05) is 32.6 Å². The standard InChI is InChI=1S/C10H18O4.C3H6O2.C2H4O2/c11-9(12)7-5-3-1-2-4-6-8-10(13)14;1-2-3(4)5;1-2(3)4/h1-8H2,(H,11,12)(H,13,14);2H2,1H3,(H,4,5);1H3,(H,3,4). The smallest absolute Gasteiger partial charge is 0.303 e. The van der Waals surface area contributed by atoms with E-state index in [1.807, 2.05) is 0 Å². The molecule has 4 N–H and O–H groups in total. The molecule has 0 heterocycles. The Morgan fingerprint density at radius 2 is 0.826 bits per heavy atom. The maximum absolute atomic E-state index is 10.1. The SMILES string of the molecule is CC(=O)O.CCC(=O)O.O=C(O)CCCCCCCCC(=O)O. The Morgan fingerprint density at radius 1 is 0.609 bits per heavy atom. The number of aliphatic carboxylic acids is 4. The van der Waals surface area contributed by atoms with Gasteiger partial charge in [-0.2, -0.15) is 0 Å². The van der Waals surface area contributed by atoms with E-state index in [2.05, 4.69) is 0 Å². The summed E-state index contributed by atoms with van der Waals surface area (Å²) in [5, 5.41) is 31.8. The van der Waals surface area contributed by atoms with Crippen molar-refractivity contribution in [2.75, 3.05) is 0 Å². The summed E-state index contributed by atoms with van der Waals surface area (Å²) in [5.41, 5.74) is 0. The maximum Gasteiger partial charge on any atom is 0.303 e. The molecule has 0 saturated carbocycles. The molecule has 8 heteroatoms. The second-order valence-electron chi connectivity index (χ2n) is 4.68. The third-order valence-corrected chi connectivity index (χ3v) is 2.33. The zero-order chi connectivity index (χ0) is 18.7. The van der Waals surface area contributed by atoms with Crippen LogP contribution in [0.1, 0.15) is 71.6 Å². The first-order valence-electron chi connectivity index (χ1n) is 7.48. The Bertz CT molecular complexity index is 314. The third kappa shape index (κ3) is 53.7. The Balaban J connectivity index is -0.000000365. The molecule has 136 valence electrons. The first-order valence-corrected chi connectivity index (χ1v) is 7.48. The molecule has 0 aliphatic rings. The van der Waals surface area contributed by atoms with Gasteiger partial charge >= 0.3 is 17.9 Å². The van der Waals surface area contributed by atoms with Gasteiger partial charge in [0, 0.05) is 26.2 Å². The van der Waals surface area contributed by atoms with Crippen LogP contribution in [0.4, 0.5) is 0 Å². The molecule has 0 spiro atoms. The lowest BCUT2D eigenvalue weighted by Gasteiger charge is -1.98. The molecule has 0 aromatic heterocycles. The van der Waals surface area contributed by atoms with Crippen molar-refractivity contribution in [2.24, 2.45) is 0 Å². The highest BCUT2D eigenvalue weighted by molar-refractivity contribution is 5.67. The third-order valence-electron chi connectivity index (χ3n) is 2.33. The Morgan fingerprint density at radius 3 is 1.00 bits per heavy atom. The second-order valence-corrected chi connectivity index (χ2v) is 4.68. The van der Waals surface area contributed by atoms with Gasteiger partial charge in [0.2, 0.25) is 0 Å². The summed E-state index contributed by atoms with van der Waals surface area (Å²) in [7, 11) is 0. The van der Waals surface area contributed by atoms with Gasteiger partial charge in [-0.05, 0) is 12.8 Å². The van der Waals surface area contributed by atoms with E-state index in [0.717, 1.165) is 45.4 Å². The van der Waals surface area contributed by atoms with Gasteiger partial charge in [-0.25, -0.2) is 0 Å². The van der Waals surface area contributed by atoms with Gasteiger partial charge in [0.05, 0.1) is 0 Å². The summed E-state index contributed by atoms with van der Waals surface area (Å²) in [5.74, 6) is -3.06. The highest BCUT2D eigenvalue weighted by Crippen LogP contribution is 2.08. The number of hydrogen-bond donors (Lipinski definition) is 4. The van der Waals surface area contributed by atoms with Crippen molar-refractivity contribution in [3.8, 4) is 0 Å². The van der Waals surface area contributed by atoms with Crippen LogP contribution in [0.25, 0.3) is 0 Å². The predicted octanol–water partition coefficient (Wildman–Crippen LogP) is 2.85. The number of hydrogen-bond acceptors (Lipinski definition) is 4. The molecule has 0 radical (unpaired) electrons. The van der Waals surface area contributed by atoms with Crippen molar-refractivity contribution in [1.29, 1.82) is 0 Å². The van der Waals surface area contributed by atoms with E-state index in [0.29, 0.717) is 0 Å². The van der Waals surface area contributed by atoms with Crippen LogP contribution in [-0.2, 0) is 19.2 Å². The molecule has 0 bridgehead atoms. The fourth-order valence-electron chi connectivity index (χ4n) is 1.26. The first kappa shape index (κ1) is 25.8. The predicted molar refractivity (Wildman–Crippen MR) is 83.4 cm³/mol. The van der Waals surface area contributed by atoms with E-state index in [-0.39, 0.29) is 19.3 Å². The van der Waals surface area contributed by atoms with E-state index in [4.69, 9.17) is 25.2 Å². The van der Waals surface area contributed by atoms with Crippen LogP contribution in [-0.4, -0.2) is 44.3 Å². The fourth-order valence-corrected chi connectivity index (χ4v) is 1.26. The van der Waals surface area contributed by atoms with Crippen molar-refractivity contribution in [3.63, 3.8) is 0 Å². The summed E-state index contributed by atoms with van der Waals surface area (Å²) in [6.07, 6.45) is 6.05. The van der Waals surface area contributed by atoms with Gasteiger partial charge in [-0.15, -0.1) is 0 Å². The minimum atomic E-state index is -0.833. The largest absolute Gasteiger partial charge is 0.481 e. The molecule has 0 unspecified atom stereocenters. The van der Waals surface area contributed by atoms with Crippen LogP contribution in [0.5, 0.6) is 0 Å². The van der Waals surface area contributed by atoms with Gasteiger partial charge < -0.3 is 20.4 Å². The van der Waals surface area contributed by atoms with E-state index >= 15 is 0 Å². The lowest BCUT2D eigenvalue weighted by Crippen LogP contribution is -1.94. The molecule has 0 aromatic carbocycles. The topological polar surface area (TPSA) is 149 Å². The number of carboxylic acid groups (broad SMARTS) is 4. The quantitative estimate of drug-likeness (QED) is 0.445. The Kier molecular flexibility index (Phi) is 22.3. The van der Waals surface area contributed by atoms with Crippen LogP contribution in [0.15, 0.2) is 0 Å². The fraction of sp³-hybridized carbons (Fsp3) is 0.733. The van der Waals surface area contributed by atoms with Crippen LogP contribution >= 0.6 is 0 Å².